The van der Waals surface area contributed by atoms with Gasteiger partial charge in [-0.15, -0.1) is 0 Å². The summed E-state index contributed by atoms with van der Waals surface area (Å²) in [5.74, 6) is 0.169. The van der Waals surface area contributed by atoms with E-state index in [0.717, 1.165) is 22.2 Å². The number of aromatic nitrogens is 1. The summed E-state index contributed by atoms with van der Waals surface area (Å²) >= 11 is 0. The number of amides is 1. The molecular weight excluding hydrogens is 296 g/mol. The molecule has 1 atom stereocenters. The zero-order valence-corrected chi connectivity index (χ0v) is 13.5. The van der Waals surface area contributed by atoms with Gasteiger partial charge in [-0.25, -0.2) is 4.79 Å². The second-order valence-corrected chi connectivity index (χ2v) is 5.52. The van der Waals surface area contributed by atoms with Gasteiger partial charge in [-0.3, -0.25) is 4.79 Å². The van der Waals surface area contributed by atoms with Gasteiger partial charge in [-0.2, -0.15) is 0 Å². The van der Waals surface area contributed by atoms with Crippen LogP contribution in [0.4, 0.5) is 0 Å². The van der Waals surface area contributed by atoms with E-state index in [0.29, 0.717) is 18.7 Å². The van der Waals surface area contributed by atoms with Gasteiger partial charge in [0.2, 0.25) is 5.91 Å². The van der Waals surface area contributed by atoms with E-state index in [-0.39, 0.29) is 12.5 Å². The Morgan fingerprint density at radius 2 is 2.17 bits per heavy atom. The summed E-state index contributed by atoms with van der Waals surface area (Å²) in [7, 11) is 1.61. The molecule has 0 saturated carbocycles. The molecule has 1 N–H and O–H groups in total. The Morgan fingerprint density at radius 3 is 2.83 bits per heavy atom. The number of carbonyl (C=O) groups excluding carboxylic acids is 2. The number of rotatable bonds is 3. The van der Waals surface area contributed by atoms with Crippen LogP contribution in [0.15, 0.2) is 18.2 Å². The van der Waals surface area contributed by atoms with Crippen molar-refractivity contribution in [2.24, 2.45) is 0 Å². The topological polar surface area (TPSA) is 71.6 Å². The van der Waals surface area contributed by atoms with Crippen LogP contribution >= 0.6 is 0 Å². The third-order valence-electron chi connectivity index (χ3n) is 4.26. The first kappa shape index (κ1) is 15.4. The van der Waals surface area contributed by atoms with Gasteiger partial charge in [0.05, 0.1) is 24.9 Å². The molecule has 6 nitrogen and oxygen atoms in total. The number of hydrogen-bond donors (Lipinski definition) is 1. The number of aromatic amines is 1. The zero-order chi connectivity index (χ0) is 16.6. The lowest BCUT2D eigenvalue weighted by molar-refractivity contribution is -0.155. The van der Waals surface area contributed by atoms with E-state index >= 15 is 0 Å². The van der Waals surface area contributed by atoms with E-state index in [1.807, 2.05) is 18.2 Å². The highest BCUT2D eigenvalue weighted by Crippen LogP contribution is 2.38. The Bertz CT molecular complexity index is 765. The Labute approximate surface area is 134 Å². The summed E-state index contributed by atoms with van der Waals surface area (Å²) in [6.07, 6.45) is 0.692. The van der Waals surface area contributed by atoms with E-state index in [2.05, 4.69) is 4.98 Å². The predicted octanol–water partition coefficient (Wildman–Crippen LogP) is 2.19. The summed E-state index contributed by atoms with van der Waals surface area (Å²) in [6, 6.07) is 5.06. The summed E-state index contributed by atoms with van der Waals surface area (Å²) < 4.78 is 10.6. The fraction of sp³-hybridized carbons (Fsp3) is 0.412. The van der Waals surface area contributed by atoms with E-state index in [1.165, 1.54) is 6.92 Å². The van der Waals surface area contributed by atoms with Crippen molar-refractivity contribution in [3.05, 3.63) is 29.5 Å². The van der Waals surface area contributed by atoms with Crippen LogP contribution in [0.25, 0.3) is 10.9 Å². The third kappa shape index (κ3) is 2.44. The maximum absolute atomic E-state index is 12.4. The smallest absolute Gasteiger partial charge is 0.335 e. The molecule has 1 amide bonds. The number of nitrogens with one attached hydrogen (secondary N) is 1. The zero-order valence-electron chi connectivity index (χ0n) is 13.5. The molecule has 1 aromatic carbocycles. The van der Waals surface area contributed by atoms with Gasteiger partial charge in [0.15, 0.2) is 6.04 Å². The average Bonchev–Trinajstić information content (AvgIpc) is 2.92. The average molecular weight is 316 g/mol. The van der Waals surface area contributed by atoms with Gasteiger partial charge >= 0.3 is 5.97 Å². The molecule has 23 heavy (non-hydrogen) atoms. The van der Waals surface area contributed by atoms with Gasteiger partial charge in [-0.1, -0.05) is 12.1 Å². The maximum Gasteiger partial charge on any atom is 0.335 e. The molecular formula is C17H20N2O4. The number of hydrogen-bond acceptors (Lipinski definition) is 4. The molecule has 0 bridgehead atoms. The van der Waals surface area contributed by atoms with E-state index < -0.39 is 12.0 Å². The van der Waals surface area contributed by atoms with Crippen LogP contribution in [0, 0.1) is 0 Å². The van der Waals surface area contributed by atoms with Gasteiger partial charge in [-0.05, 0) is 25.0 Å². The molecule has 0 spiro atoms. The quantitative estimate of drug-likeness (QED) is 0.881. The van der Waals surface area contributed by atoms with Crippen LogP contribution in [-0.4, -0.2) is 42.0 Å². The van der Waals surface area contributed by atoms with Crippen LogP contribution in [0.5, 0.6) is 5.75 Å². The van der Waals surface area contributed by atoms with Gasteiger partial charge in [0.1, 0.15) is 5.75 Å². The molecule has 3 rings (SSSR count). The molecule has 1 aliphatic heterocycles. The summed E-state index contributed by atoms with van der Waals surface area (Å²) in [5.41, 5.74) is 2.62. The van der Waals surface area contributed by atoms with E-state index in [1.54, 1.807) is 18.9 Å². The van der Waals surface area contributed by atoms with Crippen molar-refractivity contribution >= 4 is 22.8 Å². The Hall–Kier alpha value is -2.50. The molecule has 0 saturated heterocycles. The second-order valence-electron chi connectivity index (χ2n) is 5.52. The number of fused-ring (bicyclic) bond motifs is 3. The third-order valence-corrected chi connectivity index (χ3v) is 4.26. The first-order valence-corrected chi connectivity index (χ1v) is 7.69. The molecule has 0 aliphatic carbocycles. The highest BCUT2D eigenvalue weighted by Gasteiger charge is 2.38. The van der Waals surface area contributed by atoms with Gasteiger partial charge in [0.25, 0.3) is 0 Å². The van der Waals surface area contributed by atoms with Crippen LogP contribution < -0.4 is 4.74 Å². The Balaban J connectivity index is 2.18. The Kier molecular flexibility index (Phi) is 3.98. The monoisotopic (exact) mass is 316 g/mol. The molecule has 122 valence electrons. The number of ether oxygens (including phenoxy) is 2. The number of methoxy groups -OCH3 is 1. The molecule has 2 aromatic rings. The molecule has 2 heterocycles. The van der Waals surface area contributed by atoms with E-state index in [9.17, 15) is 9.59 Å². The second kappa shape index (κ2) is 5.95. The van der Waals surface area contributed by atoms with Crippen molar-refractivity contribution in [1.82, 2.24) is 9.88 Å². The van der Waals surface area contributed by atoms with Crippen LogP contribution in [0.3, 0.4) is 0 Å². The van der Waals surface area contributed by atoms with Crippen molar-refractivity contribution in [1.29, 1.82) is 0 Å². The number of para-hydroxylation sites is 1. The molecule has 0 radical (unpaired) electrons. The lowest BCUT2D eigenvalue weighted by Crippen LogP contribution is -2.43. The number of nitrogens with zero attached hydrogens (tertiary/aromatic N) is 1. The van der Waals surface area contributed by atoms with Crippen molar-refractivity contribution in [3.8, 4) is 5.75 Å². The summed E-state index contributed by atoms with van der Waals surface area (Å²) in [5, 5.41) is 1.02. The molecule has 0 fully saturated rings. The number of benzene rings is 1. The number of esters is 1. The Morgan fingerprint density at radius 1 is 1.39 bits per heavy atom. The van der Waals surface area contributed by atoms with Crippen LogP contribution in [0.2, 0.25) is 0 Å². The van der Waals surface area contributed by atoms with Gasteiger partial charge in [0, 0.05) is 18.9 Å². The maximum atomic E-state index is 12.4. The normalized spacial score (nSPS) is 17.0. The minimum absolute atomic E-state index is 0.140. The standard InChI is InChI=1S/C17H20N2O4/c1-4-23-17(21)16-15-12(8-9-19(16)10(2)20)11-6-5-7-13(22-3)14(11)18-15/h5-7,16,18H,4,8-9H2,1-3H3. The van der Waals surface area contributed by atoms with Gasteiger partial charge < -0.3 is 19.4 Å². The van der Waals surface area contributed by atoms with Crippen molar-refractivity contribution in [2.45, 2.75) is 26.3 Å². The molecule has 1 unspecified atom stereocenters. The first-order chi connectivity index (χ1) is 11.1. The minimum atomic E-state index is -0.728. The van der Waals surface area contributed by atoms with Crippen molar-refractivity contribution < 1.29 is 19.1 Å². The fourth-order valence-electron chi connectivity index (χ4n) is 3.26. The van der Waals surface area contributed by atoms with E-state index in [4.69, 9.17) is 9.47 Å². The fourth-order valence-corrected chi connectivity index (χ4v) is 3.26. The SMILES string of the molecule is CCOC(=O)C1c2[nH]c3c(OC)cccc3c2CCN1C(C)=O. The first-order valence-electron chi connectivity index (χ1n) is 7.69. The minimum Gasteiger partial charge on any atom is -0.495 e. The van der Waals surface area contributed by atoms with Crippen molar-refractivity contribution in [3.63, 3.8) is 0 Å². The lowest BCUT2D eigenvalue weighted by Gasteiger charge is -2.33. The number of H-pyrrole nitrogens is 1. The lowest BCUT2D eigenvalue weighted by atomic mass is 9.97. The van der Waals surface area contributed by atoms with Crippen LogP contribution in [-0.2, 0) is 20.7 Å². The summed E-state index contributed by atoms with van der Waals surface area (Å²) in [6.45, 7) is 4.00. The molecule has 1 aromatic heterocycles. The molecule has 1 aliphatic rings. The molecule has 6 heteroatoms. The summed E-state index contributed by atoms with van der Waals surface area (Å²) in [4.78, 5) is 29.2. The van der Waals surface area contributed by atoms with Crippen LogP contribution in [0.1, 0.15) is 31.1 Å². The highest BCUT2D eigenvalue weighted by atomic mass is 16.5. The number of carbonyl (C=O) groups is 2. The predicted molar refractivity (Wildman–Crippen MR) is 85.3 cm³/mol. The largest absolute Gasteiger partial charge is 0.495 e. The highest BCUT2D eigenvalue weighted by molar-refractivity contribution is 5.93. The van der Waals surface area contributed by atoms with Crippen molar-refractivity contribution in [2.75, 3.05) is 20.3 Å².